The summed E-state index contributed by atoms with van der Waals surface area (Å²) in [6.45, 7) is 6.13. The van der Waals surface area contributed by atoms with E-state index in [0.717, 1.165) is 10.2 Å². The predicted molar refractivity (Wildman–Crippen MR) is 76.8 cm³/mol. The third-order valence-electron chi connectivity index (χ3n) is 2.20. The molecule has 0 amide bonds. The molecule has 0 saturated heterocycles. The Balaban J connectivity index is 2.39. The maximum Gasteiger partial charge on any atom is 0.244 e. The summed E-state index contributed by atoms with van der Waals surface area (Å²) in [6.07, 6.45) is 0. The van der Waals surface area contributed by atoms with Crippen molar-refractivity contribution in [2.45, 2.75) is 26.3 Å². The molecule has 0 unspecified atom stereocenters. The summed E-state index contributed by atoms with van der Waals surface area (Å²) in [4.78, 5) is 4.21. The summed E-state index contributed by atoms with van der Waals surface area (Å²) in [7, 11) is 0. The first-order valence-electron chi connectivity index (χ1n) is 5.62. The Hall–Kier alpha value is -1.56. The zero-order valence-corrected chi connectivity index (χ0v) is 12.2. The highest BCUT2D eigenvalue weighted by Gasteiger charge is 2.15. The Kier molecular flexibility index (Phi) is 3.30. The molecule has 0 radical (unpaired) electrons. The molecule has 0 bridgehead atoms. The molecule has 0 fully saturated rings. The van der Waals surface area contributed by atoms with Gasteiger partial charge < -0.3 is 11.1 Å². The van der Waals surface area contributed by atoms with Crippen LogP contribution < -0.4 is 11.1 Å². The second-order valence-corrected chi connectivity index (χ2v) is 5.89. The quantitative estimate of drug-likeness (QED) is 0.895. The van der Waals surface area contributed by atoms with Gasteiger partial charge in [-0.15, -0.1) is 5.10 Å². The Morgan fingerprint density at radius 3 is 2.56 bits per heavy atom. The van der Waals surface area contributed by atoms with E-state index in [0.29, 0.717) is 11.9 Å². The molecule has 0 aliphatic heterocycles. The lowest BCUT2D eigenvalue weighted by Crippen LogP contribution is -2.26. The first kappa shape index (κ1) is 12.9. The number of nitrogen functional groups attached to an aromatic ring is 1. The third kappa shape index (κ3) is 2.81. The maximum atomic E-state index is 5.89. The number of halogens is 1. The van der Waals surface area contributed by atoms with Crippen LogP contribution in [0.5, 0.6) is 0 Å². The van der Waals surface area contributed by atoms with Gasteiger partial charge >= 0.3 is 0 Å². The van der Waals surface area contributed by atoms with E-state index < -0.39 is 0 Å². The van der Waals surface area contributed by atoms with Crippen LogP contribution in [0.15, 0.2) is 28.7 Å². The lowest BCUT2D eigenvalue weighted by atomic mass is 10.1. The molecular weight excluding hydrogens is 294 g/mol. The van der Waals surface area contributed by atoms with E-state index in [1.54, 1.807) is 4.68 Å². The summed E-state index contributed by atoms with van der Waals surface area (Å²) in [5.41, 5.74) is 6.65. The van der Waals surface area contributed by atoms with Crippen molar-refractivity contribution in [2.75, 3.05) is 11.1 Å². The van der Waals surface area contributed by atoms with Gasteiger partial charge in [0.25, 0.3) is 0 Å². The molecule has 96 valence electrons. The largest absolute Gasteiger partial charge is 0.368 e. The number of benzene rings is 1. The number of para-hydroxylation sites is 1. The molecule has 6 heteroatoms. The van der Waals surface area contributed by atoms with Crippen LogP contribution >= 0.6 is 15.9 Å². The van der Waals surface area contributed by atoms with Crippen molar-refractivity contribution in [1.29, 1.82) is 0 Å². The van der Waals surface area contributed by atoms with Gasteiger partial charge in [0.15, 0.2) is 0 Å². The number of nitrogens with one attached hydrogen (secondary N) is 1. The van der Waals surface area contributed by atoms with E-state index in [9.17, 15) is 0 Å². The van der Waals surface area contributed by atoms with Gasteiger partial charge in [-0.2, -0.15) is 9.67 Å². The van der Waals surface area contributed by atoms with Crippen LogP contribution in [-0.4, -0.2) is 20.3 Å². The molecular formula is C12H16BrN5. The van der Waals surface area contributed by atoms with Crippen LogP contribution in [-0.2, 0) is 0 Å². The molecule has 0 spiro atoms. The molecule has 18 heavy (non-hydrogen) atoms. The molecule has 0 aliphatic carbocycles. The number of hydrogen-bond donors (Lipinski definition) is 2. The molecule has 2 aromatic rings. The van der Waals surface area contributed by atoms with Gasteiger partial charge in [-0.05, 0) is 48.8 Å². The van der Waals surface area contributed by atoms with Crippen LogP contribution in [0.25, 0.3) is 5.69 Å². The molecule has 0 saturated carbocycles. The number of anilines is 2. The average molecular weight is 310 g/mol. The zero-order valence-electron chi connectivity index (χ0n) is 10.6. The number of nitrogens with zero attached hydrogens (tertiary/aromatic N) is 3. The summed E-state index contributed by atoms with van der Waals surface area (Å²) >= 11 is 3.47. The van der Waals surface area contributed by atoms with Crippen LogP contribution in [0.3, 0.4) is 0 Å². The highest BCUT2D eigenvalue weighted by Crippen LogP contribution is 2.23. The van der Waals surface area contributed by atoms with Gasteiger partial charge in [0.05, 0.1) is 5.69 Å². The predicted octanol–water partition coefficient (Wildman–Crippen LogP) is 2.82. The van der Waals surface area contributed by atoms with Crippen molar-refractivity contribution in [3.8, 4) is 5.69 Å². The normalized spacial score (nSPS) is 11.6. The second-order valence-electron chi connectivity index (χ2n) is 5.03. The van der Waals surface area contributed by atoms with Gasteiger partial charge in [0, 0.05) is 10.0 Å². The van der Waals surface area contributed by atoms with Gasteiger partial charge in [-0.1, -0.05) is 12.1 Å². The van der Waals surface area contributed by atoms with Gasteiger partial charge in [-0.25, -0.2) is 0 Å². The van der Waals surface area contributed by atoms with E-state index in [1.165, 1.54) is 0 Å². The molecule has 5 nitrogen and oxygen atoms in total. The smallest absolute Gasteiger partial charge is 0.244 e. The van der Waals surface area contributed by atoms with Crippen molar-refractivity contribution in [2.24, 2.45) is 0 Å². The zero-order chi connectivity index (χ0) is 13.3. The lowest BCUT2D eigenvalue weighted by molar-refractivity contribution is 0.625. The number of aromatic nitrogens is 3. The minimum atomic E-state index is -0.105. The highest BCUT2D eigenvalue weighted by atomic mass is 79.9. The standard InChI is InChI=1S/C12H16BrN5/c1-12(2,3)16-11-15-10(14)18(17-11)9-7-5-4-6-8(9)13/h4-7H,1-3H3,(H3,14,15,16,17). The van der Waals surface area contributed by atoms with Gasteiger partial charge in [-0.3, -0.25) is 0 Å². The third-order valence-corrected chi connectivity index (χ3v) is 2.87. The van der Waals surface area contributed by atoms with E-state index in [4.69, 9.17) is 5.73 Å². The second kappa shape index (κ2) is 4.61. The molecule has 1 aromatic heterocycles. The Bertz CT molecular complexity index is 556. The first-order valence-corrected chi connectivity index (χ1v) is 6.42. The molecule has 1 heterocycles. The topological polar surface area (TPSA) is 68.8 Å². The van der Waals surface area contributed by atoms with Crippen molar-refractivity contribution in [3.05, 3.63) is 28.7 Å². The lowest BCUT2D eigenvalue weighted by Gasteiger charge is -2.18. The fourth-order valence-electron chi connectivity index (χ4n) is 1.51. The summed E-state index contributed by atoms with van der Waals surface area (Å²) < 4.78 is 2.53. The minimum absolute atomic E-state index is 0.105. The molecule has 3 N–H and O–H groups in total. The minimum Gasteiger partial charge on any atom is -0.368 e. The Morgan fingerprint density at radius 1 is 1.28 bits per heavy atom. The number of rotatable bonds is 2. The van der Waals surface area contributed by atoms with Crippen molar-refractivity contribution in [1.82, 2.24) is 14.8 Å². The highest BCUT2D eigenvalue weighted by molar-refractivity contribution is 9.10. The van der Waals surface area contributed by atoms with Crippen molar-refractivity contribution < 1.29 is 0 Å². The summed E-state index contributed by atoms with van der Waals surface area (Å²) in [6, 6.07) is 7.73. The van der Waals surface area contributed by atoms with Crippen LogP contribution in [0.2, 0.25) is 0 Å². The van der Waals surface area contributed by atoms with Gasteiger partial charge in [0.1, 0.15) is 0 Å². The number of nitrogens with two attached hydrogens (primary N) is 1. The van der Waals surface area contributed by atoms with Crippen LogP contribution in [0.4, 0.5) is 11.9 Å². The summed E-state index contributed by atoms with van der Waals surface area (Å²) in [5, 5.41) is 7.56. The summed E-state index contributed by atoms with van der Waals surface area (Å²) in [5.74, 6) is 0.879. The fourth-order valence-corrected chi connectivity index (χ4v) is 1.97. The Labute approximate surface area is 115 Å². The van der Waals surface area contributed by atoms with Crippen LogP contribution in [0.1, 0.15) is 20.8 Å². The van der Waals surface area contributed by atoms with E-state index in [2.05, 4.69) is 31.3 Å². The monoisotopic (exact) mass is 309 g/mol. The van der Waals surface area contributed by atoms with Crippen molar-refractivity contribution >= 4 is 27.8 Å². The SMILES string of the molecule is CC(C)(C)Nc1nc(N)n(-c2ccccc2Br)n1. The molecule has 2 rings (SSSR count). The van der Waals surface area contributed by atoms with Gasteiger partial charge in [0.2, 0.25) is 11.9 Å². The fraction of sp³-hybridized carbons (Fsp3) is 0.333. The molecule has 0 aliphatic rings. The number of hydrogen-bond acceptors (Lipinski definition) is 4. The van der Waals surface area contributed by atoms with E-state index >= 15 is 0 Å². The molecule has 1 aromatic carbocycles. The maximum absolute atomic E-state index is 5.89. The van der Waals surface area contributed by atoms with E-state index in [1.807, 2.05) is 45.0 Å². The average Bonchev–Trinajstić information content (AvgIpc) is 2.57. The molecule has 0 atom stereocenters. The Morgan fingerprint density at radius 2 is 1.94 bits per heavy atom. The van der Waals surface area contributed by atoms with Crippen molar-refractivity contribution in [3.63, 3.8) is 0 Å². The first-order chi connectivity index (χ1) is 8.37. The van der Waals surface area contributed by atoms with Crippen LogP contribution in [0, 0.1) is 0 Å². The van der Waals surface area contributed by atoms with E-state index in [-0.39, 0.29) is 5.54 Å².